The molecule has 18 heteroatoms. The van der Waals surface area contributed by atoms with E-state index in [1.165, 1.54) is 70.6 Å². The maximum Gasteiger partial charge on any atom is 0.472 e. The van der Waals surface area contributed by atoms with Crippen molar-refractivity contribution in [3.63, 3.8) is 0 Å². The number of aliphatic hydroxyl groups is 2. The van der Waals surface area contributed by atoms with E-state index in [9.17, 15) is 43.5 Å². The second kappa shape index (κ2) is 73.4. The number of allylic oxidation sites excluding steroid dienone is 22. The fraction of sp³-hybridized carbons (Fsp3) is 0.691. The third-order valence-electron chi connectivity index (χ3n) is 15.8. The summed E-state index contributed by atoms with van der Waals surface area (Å²) in [6.45, 7) is 2.49. The number of carbonyl (C=O) groups excluding carboxylic acids is 3. The molecule has 0 fully saturated rings. The van der Waals surface area contributed by atoms with Gasteiger partial charge >= 0.3 is 33.6 Å². The zero-order valence-corrected chi connectivity index (χ0v) is 63.7. The van der Waals surface area contributed by atoms with Crippen molar-refractivity contribution in [2.75, 3.05) is 39.6 Å². The highest BCUT2D eigenvalue weighted by Crippen LogP contribution is 2.45. The molecule has 0 saturated heterocycles. The number of aliphatic hydroxyl groups excluding tert-OH is 2. The molecule has 0 heterocycles. The van der Waals surface area contributed by atoms with E-state index in [0.29, 0.717) is 19.3 Å². The van der Waals surface area contributed by atoms with Crippen molar-refractivity contribution in [1.29, 1.82) is 0 Å². The van der Waals surface area contributed by atoms with Gasteiger partial charge in [-0.1, -0.05) is 276 Å². The summed E-state index contributed by atoms with van der Waals surface area (Å²) in [5.41, 5.74) is 0. The second-order valence-corrected chi connectivity index (χ2v) is 28.3. The van der Waals surface area contributed by atoms with Crippen LogP contribution in [0.25, 0.3) is 0 Å². The third kappa shape index (κ3) is 74.7. The van der Waals surface area contributed by atoms with Gasteiger partial charge in [-0.3, -0.25) is 32.5 Å². The Kier molecular flexibility index (Phi) is 70.2. The lowest BCUT2D eigenvalue weighted by Crippen LogP contribution is -2.30. The van der Waals surface area contributed by atoms with E-state index in [0.717, 1.165) is 173 Å². The molecule has 568 valence electrons. The van der Waals surface area contributed by atoms with Gasteiger partial charge in [-0.05, 0) is 141 Å². The van der Waals surface area contributed by atoms with Crippen LogP contribution in [0, 0.1) is 0 Å². The van der Waals surface area contributed by atoms with Crippen LogP contribution in [0.2, 0.25) is 0 Å². The number of phosphoric ester groups is 2. The van der Waals surface area contributed by atoms with Crippen LogP contribution in [0.3, 0.4) is 0 Å². The van der Waals surface area contributed by atoms with Crippen molar-refractivity contribution in [2.45, 2.75) is 322 Å². The number of ether oxygens (including phenoxy) is 3. The lowest BCUT2D eigenvalue weighted by atomic mass is 10.1. The first-order valence-electron chi connectivity index (χ1n) is 38.5. The highest BCUT2D eigenvalue weighted by atomic mass is 31.2. The molecule has 16 nitrogen and oxygen atoms in total. The minimum Gasteiger partial charge on any atom is -0.463 e. The highest BCUT2D eigenvalue weighted by Gasteiger charge is 2.29. The van der Waals surface area contributed by atoms with Gasteiger partial charge in [0.05, 0.1) is 26.4 Å². The Labute approximate surface area is 601 Å². The highest BCUT2D eigenvalue weighted by molar-refractivity contribution is 7.47. The van der Waals surface area contributed by atoms with E-state index < -0.39 is 91.5 Å². The predicted molar refractivity (Wildman–Crippen MR) is 408 cm³/mol. The Morgan fingerprint density at radius 3 is 0.879 bits per heavy atom. The average Bonchev–Trinajstić information content (AvgIpc) is 1.04. The zero-order valence-electron chi connectivity index (χ0n) is 61.9. The number of carbonyl (C=O) groups is 3. The molecule has 0 bridgehead atoms. The van der Waals surface area contributed by atoms with E-state index in [1.807, 2.05) is 0 Å². The minimum absolute atomic E-state index is 0.0896. The molecule has 0 aliphatic carbocycles. The molecule has 99 heavy (non-hydrogen) atoms. The van der Waals surface area contributed by atoms with Crippen LogP contribution in [0.4, 0.5) is 0 Å². The molecule has 0 spiro atoms. The molecule has 5 unspecified atom stereocenters. The van der Waals surface area contributed by atoms with Crippen molar-refractivity contribution in [3.05, 3.63) is 134 Å². The lowest BCUT2D eigenvalue weighted by molar-refractivity contribution is -0.161. The summed E-state index contributed by atoms with van der Waals surface area (Å²) in [6, 6.07) is 0. The zero-order chi connectivity index (χ0) is 72.3. The van der Waals surface area contributed by atoms with Crippen molar-refractivity contribution in [2.24, 2.45) is 0 Å². The van der Waals surface area contributed by atoms with E-state index in [4.69, 9.17) is 32.3 Å². The maximum atomic E-state index is 12.9. The monoisotopic (exact) mass is 1430 g/mol. The standard InChI is InChI=1S/C81H138O16P2/c1-4-7-10-13-16-19-22-25-27-29-31-33-35-36-37-38-40-42-43-45-47-50-52-55-58-61-64-67-79(84)91-70-76(82)71-93-98(87,88)94-72-77(83)73-95-99(89,90)96-75-78(97-81(86)69-66-63-60-57-54-49-24-21-18-15-12-9-6-3)74-92-80(85)68-65-62-59-56-53-51-48-46-44-41-39-34-32-30-28-26-23-20-17-14-11-8-5-2/h7,10,16-17,19-21,24-28,31-34,36-37,40-42,44,76-78,82-83H,4-6,8-9,11-15,18,22-23,29-30,35,38-39,43,45-75H2,1-3H3,(H,87,88)(H,89,90)/b10-7-,19-16-,20-17-,24-21-,27-25-,28-26-,33-31-,34-32-,37-36-,42-40-,44-41-. The lowest BCUT2D eigenvalue weighted by Gasteiger charge is -2.21. The van der Waals surface area contributed by atoms with E-state index in [2.05, 4.69) is 154 Å². The van der Waals surface area contributed by atoms with Crippen molar-refractivity contribution in [3.8, 4) is 0 Å². The molecule has 5 atom stereocenters. The fourth-order valence-corrected chi connectivity index (χ4v) is 11.5. The maximum absolute atomic E-state index is 12.9. The van der Waals surface area contributed by atoms with Crippen LogP contribution in [0.1, 0.15) is 303 Å². The van der Waals surface area contributed by atoms with Crippen LogP contribution >= 0.6 is 15.6 Å². The normalized spacial score (nSPS) is 14.8. The summed E-state index contributed by atoms with van der Waals surface area (Å²) >= 11 is 0. The predicted octanol–water partition coefficient (Wildman–Crippen LogP) is 22.3. The van der Waals surface area contributed by atoms with Crippen LogP contribution in [-0.2, 0) is 55.8 Å². The van der Waals surface area contributed by atoms with Crippen molar-refractivity contribution >= 4 is 33.6 Å². The average molecular weight is 1430 g/mol. The number of hydrogen-bond donors (Lipinski definition) is 4. The summed E-state index contributed by atoms with van der Waals surface area (Å²) in [7, 11) is -9.80. The van der Waals surface area contributed by atoms with Crippen molar-refractivity contribution in [1.82, 2.24) is 0 Å². The first kappa shape index (κ1) is 94.7. The molecule has 0 aromatic rings. The Balaban J connectivity index is 4.57. The second-order valence-electron chi connectivity index (χ2n) is 25.4. The van der Waals surface area contributed by atoms with Gasteiger partial charge in [-0.2, -0.15) is 0 Å². The van der Waals surface area contributed by atoms with Gasteiger partial charge in [0.15, 0.2) is 6.10 Å². The van der Waals surface area contributed by atoms with E-state index in [-0.39, 0.29) is 19.3 Å². The summed E-state index contributed by atoms with van der Waals surface area (Å²) < 4.78 is 61.1. The largest absolute Gasteiger partial charge is 0.472 e. The van der Waals surface area contributed by atoms with Gasteiger partial charge in [0, 0.05) is 19.3 Å². The van der Waals surface area contributed by atoms with Crippen LogP contribution in [-0.4, -0.2) is 95.9 Å². The molecule has 0 aromatic carbocycles. The summed E-state index contributed by atoms with van der Waals surface area (Å²) in [6.07, 6.45) is 87.8. The molecular weight excluding hydrogens is 1290 g/mol. The smallest absolute Gasteiger partial charge is 0.463 e. The van der Waals surface area contributed by atoms with Gasteiger partial charge in [-0.25, -0.2) is 9.13 Å². The van der Waals surface area contributed by atoms with Gasteiger partial charge < -0.3 is 34.2 Å². The first-order valence-corrected chi connectivity index (χ1v) is 41.5. The van der Waals surface area contributed by atoms with Crippen LogP contribution < -0.4 is 0 Å². The fourth-order valence-electron chi connectivity index (χ4n) is 9.96. The van der Waals surface area contributed by atoms with Gasteiger partial charge in [-0.15, -0.1) is 0 Å². The molecule has 0 saturated carbocycles. The summed E-state index contributed by atoms with van der Waals surface area (Å²) in [5, 5.41) is 20.6. The quantitative estimate of drug-likeness (QED) is 0.0146. The van der Waals surface area contributed by atoms with Gasteiger partial charge in [0.1, 0.15) is 25.4 Å². The van der Waals surface area contributed by atoms with Crippen LogP contribution in [0.15, 0.2) is 134 Å². The van der Waals surface area contributed by atoms with E-state index >= 15 is 0 Å². The molecule has 0 aliphatic heterocycles. The molecule has 0 aliphatic rings. The number of hydrogen-bond acceptors (Lipinski definition) is 14. The van der Waals surface area contributed by atoms with Crippen molar-refractivity contribution < 1.29 is 75.8 Å². The third-order valence-corrected chi connectivity index (χ3v) is 17.7. The number of rotatable bonds is 72. The Bertz CT molecular complexity index is 2330. The number of phosphoric acid groups is 2. The summed E-state index contributed by atoms with van der Waals surface area (Å²) in [4.78, 5) is 58.6. The molecular formula is C81H138O16P2. The Morgan fingerprint density at radius 1 is 0.293 bits per heavy atom. The Morgan fingerprint density at radius 2 is 0.535 bits per heavy atom. The molecule has 0 aromatic heterocycles. The minimum atomic E-state index is -4.94. The molecule has 0 radical (unpaired) electrons. The SMILES string of the molecule is CC/C=C\C/C=C\C/C=C\C/C=C\C/C=C\C/C=C\CCCCCCCCCCC(=O)OCC(O)COP(=O)(O)OCC(O)COP(=O)(O)OCC(COC(=O)CCCCCCCCC/C=C\C/C=C\C/C=C\C/C=C\CCCCC)OC(=O)CCCCCCC/C=C\CCCCCC. The van der Waals surface area contributed by atoms with E-state index in [1.54, 1.807) is 0 Å². The molecule has 0 amide bonds. The van der Waals surface area contributed by atoms with Crippen LogP contribution in [0.5, 0.6) is 0 Å². The number of esters is 3. The Hall–Kier alpha value is -4.31. The van der Waals surface area contributed by atoms with Gasteiger partial charge in [0.2, 0.25) is 0 Å². The topological polar surface area (TPSA) is 231 Å². The molecule has 4 N–H and O–H groups in total. The number of unbranched alkanes of at least 4 members (excludes halogenated alkanes) is 27. The van der Waals surface area contributed by atoms with Gasteiger partial charge in [0.25, 0.3) is 0 Å². The summed E-state index contributed by atoms with van der Waals surface area (Å²) in [5.74, 6) is -1.60. The first-order chi connectivity index (χ1) is 48.2. The molecule has 0 rings (SSSR count).